The monoisotopic (exact) mass is 1030 g/mol. The van der Waals surface area contributed by atoms with Crippen LogP contribution in [0.5, 0.6) is 0 Å². The lowest BCUT2D eigenvalue weighted by molar-refractivity contribution is -0.388. The fourth-order valence-corrected chi connectivity index (χ4v) is 14.4. The maximum Gasteiger partial charge on any atom is 0.187 e. The van der Waals surface area contributed by atoms with Crippen molar-refractivity contribution in [1.29, 1.82) is 0 Å². The van der Waals surface area contributed by atoms with E-state index in [1.54, 1.807) is 0 Å². The average molecular weight is 1040 g/mol. The molecule has 416 valence electrons. The van der Waals surface area contributed by atoms with Crippen LogP contribution in [0, 0.1) is 46.3 Å². The zero-order valence-corrected chi connectivity index (χ0v) is 42.5. The van der Waals surface area contributed by atoms with Gasteiger partial charge in [-0.1, -0.05) is 39.3 Å². The van der Waals surface area contributed by atoms with Crippen LogP contribution in [-0.4, -0.2) is 221 Å². The highest BCUT2D eigenvalue weighted by Crippen LogP contribution is 2.67. The Labute approximate surface area is 421 Å². The minimum Gasteiger partial charge on any atom is -0.394 e. The van der Waals surface area contributed by atoms with Gasteiger partial charge in [0.25, 0.3) is 0 Å². The predicted molar refractivity (Wildman–Crippen MR) is 250 cm³/mol. The molecule has 72 heavy (non-hydrogen) atoms. The molecular formula is C51H86O21. The molecule has 0 aromatic heterocycles. The average Bonchev–Trinajstić information content (AvgIpc) is 3.72. The Morgan fingerprint density at radius 2 is 1.18 bits per heavy atom. The first kappa shape index (κ1) is 57.1. The van der Waals surface area contributed by atoms with Gasteiger partial charge in [0.05, 0.1) is 44.2 Å². The Morgan fingerprint density at radius 3 is 1.81 bits per heavy atom. The van der Waals surface area contributed by atoms with E-state index in [9.17, 15) is 66.4 Å². The molecule has 13 N–H and O–H groups in total. The molecule has 4 saturated heterocycles. The van der Waals surface area contributed by atoms with E-state index in [4.69, 9.17) is 37.9 Å². The van der Waals surface area contributed by atoms with Crippen molar-refractivity contribution in [3.05, 3.63) is 11.6 Å². The highest BCUT2D eigenvalue weighted by atomic mass is 16.8. The Balaban J connectivity index is 0.902. The third kappa shape index (κ3) is 10.9. The van der Waals surface area contributed by atoms with E-state index >= 15 is 0 Å². The molecule has 21 heteroatoms. The third-order valence-electron chi connectivity index (χ3n) is 19.0. The number of hydrogen-bond donors (Lipinski definition) is 13. The minimum atomic E-state index is -1.74. The summed E-state index contributed by atoms with van der Waals surface area (Å²) >= 11 is 0. The molecule has 7 fully saturated rings. The molecule has 0 unspecified atom stereocenters. The molecular weight excluding hydrogens is 949 g/mol. The largest absolute Gasteiger partial charge is 0.394 e. The van der Waals surface area contributed by atoms with Gasteiger partial charge in [-0.3, -0.25) is 0 Å². The summed E-state index contributed by atoms with van der Waals surface area (Å²) in [5, 5.41) is 138. The van der Waals surface area contributed by atoms with Crippen LogP contribution in [0.1, 0.15) is 106 Å². The van der Waals surface area contributed by atoms with Crippen LogP contribution < -0.4 is 0 Å². The molecule has 0 aromatic rings. The molecule has 4 aliphatic heterocycles. The van der Waals surface area contributed by atoms with Gasteiger partial charge in [-0.05, 0) is 124 Å². The number of fused-ring (bicyclic) bond motifs is 5. The van der Waals surface area contributed by atoms with Crippen molar-refractivity contribution in [3.63, 3.8) is 0 Å². The summed E-state index contributed by atoms with van der Waals surface area (Å²) in [6.07, 6.45) is -18.8. The second kappa shape index (κ2) is 23.1. The van der Waals surface area contributed by atoms with Crippen LogP contribution in [0.2, 0.25) is 0 Å². The SMILES string of the molecule is C[C@H](CC[C@@H](O)[C@@H](C)[C@H]1CC[C@H]2[C@@H]3CC=C4C[C@@H](O[C@@H]5O[C@H](CO)[C@@H](O[C@@H]6O[C@@H](C)[C@H](O)[C@@H](O)[C@H]6O)[C@H](O)[C@H]5O[C@@H]5O[C@@H](C)[C@H](O)[C@@H](O)[C@H]5O)CC[C@]4(C)[C@H]3CC[C@]12C)CO[C@@H]1O[C@H](CO)[C@@H](O)[C@H](O)[C@H]1O. The Hall–Kier alpha value is -1.10. The van der Waals surface area contributed by atoms with E-state index < -0.39 is 148 Å². The molecule has 4 heterocycles. The summed E-state index contributed by atoms with van der Waals surface area (Å²) in [6.45, 7) is 10.9. The smallest absolute Gasteiger partial charge is 0.187 e. The van der Waals surface area contributed by atoms with Gasteiger partial charge >= 0.3 is 0 Å². The van der Waals surface area contributed by atoms with Crippen molar-refractivity contribution in [1.82, 2.24) is 0 Å². The highest BCUT2D eigenvalue weighted by Gasteiger charge is 2.61. The van der Waals surface area contributed by atoms with Crippen LogP contribution >= 0.6 is 0 Å². The van der Waals surface area contributed by atoms with Gasteiger partial charge in [-0.2, -0.15) is 0 Å². The molecule has 0 bridgehead atoms. The number of aliphatic hydroxyl groups is 13. The van der Waals surface area contributed by atoms with Gasteiger partial charge < -0.3 is 104 Å². The van der Waals surface area contributed by atoms with Gasteiger partial charge in [0.1, 0.15) is 85.5 Å². The summed E-state index contributed by atoms with van der Waals surface area (Å²) in [7, 11) is 0. The summed E-state index contributed by atoms with van der Waals surface area (Å²) in [4.78, 5) is 0. The number of ether oxygens (including phenoxy) is 8. The summed E-state index contributed by atoms with van der Waals surface area (Å²) in [5.41, 5.74) is 1.25. The van der Waals surface area contributed by atoms with E-state index in [1.807, 2.05) is 6.92 Å². The molecule has 3 saturated carbocycles. The minimum absolute atomic E-state index is 0.00202. The van der Waals surface area contributed by atoms with Crippen molar-refractivity contribution < 1.29 is 104 Å². The first-order valence-corrected chi connectivity index (χ1v) is 26.6. The number of rotatable bonds is 16. The number of aliphatic hydroxyl groups excluding tert-OH is 13. The van der Waals surface area contributed by atoms with Crippen molar-refractivity contribution in [2.75, 3.05) is 19.8 Å². The molecule has 30 atom stereocenters. The molecule has 8 rings (SSSR count). The fraction of sp³-hybridized carbons (Fsp3) is 0.961. The Morgan fingerprint density at radius 1 is 0.597 bits per heavy atom. The van der Waals surface area contributed by atoms with Crippen molar-refractivity contribution in [3.8, 4) is 0 Å². The standard InChI is InChI=1S/C51H86O21/c1-21(20-65-46-40(61)39(60)36(57)32(18-52)69-46)7-12-31(54)22(2)28-10-11-29-27-9-8-25-17-26(13-15-50(25,5)30(27)14-16-51(28,29)6)68-49-45(72-48-42(63)38(59)35(56)24(4)67-48)43(64)44(33(19-53)70-49)71-47-41(62)37(58)34(55)23(3)66-47/h8,21-24,26-49,52-64H,7,9-20H2,1-6H3/t21-,22+,23+,24+,26+,27+,28-,29+,30+,31-,32-,33-,34+,35+,36-,37-,38-,39+,40-,41-,42-,43+,44-,45-,46-,47+,48+,49-,50+,51-/m1/s1. The predicted octanol–water partition coefficient (Wildman–Crippen LogP) is -1.32. The lowest BCUT2D eigenvalue weighted by atomic mass is 9.47. The van der Waals surface area contributed by atoms with Crippen molar-refractivity contribution in [2.45, 2.75) is 241 Å². The molecule has 21 nitrogen and oxygen atoms in total. The lowest BCUT2D eigenvalue weighted by Gasteiger charge is -2.59. The van der Waals surface area contributed by atoms with Crippen molar-refractivity contribution in [2.24, 2.45) is 46.3 Å². The van der Waals surface area contributed by atoms with Crippen LogP contribution in [0.25, 0.3) is 0 Å². The molecule has 0 amide bonds. The molecule has 0 radical (unpaired) electrons. The number of allylic oxidation sites excluding steroid dienone is 1. The van der Waals surface area contributed by atoms with Crippen LogP contribution in [0.15, 0.2) is 11.6 Å². The third-order valence-corrected chi connectivity index (χ3v) is 19.0. The van der Waals surface area contributed by atoms with Crippen LogP contribution in [-0.2, 0) is 37.9 Å². The first-order valence-electron chi connectivity index (χ1n) is 26.6. The first-order chi connectivity index (χ1) is 34.0. The summed E-state index contributed by atoms with van der Waals surface area (Å²) in [6, 6.07) is 0. The fourth-order valence-electron chi connectivity index (χ4n) is 14.4. The van der Waals surface area contributed by atoms with E-state index in [0.29, 0.717) is 49.4 Å². The van der Waals surface area contributed by atoms with Gasteiger partial charge in [-0.15, -0.1) is 0 Å². The van der Waals surface area contributed by atoms with Gasteiger partial charge in [0, 0.05) is 0 Å². The van der Waals surface area contributed by atoms with Crippen molar-refractivity contribution >= 4 is 0 Å². The van der Waals surface area contributed by atoms with E-state index in [0.717, 1.165) is 38.5 Å². The number of hydrogen-bond acceptors (Lipinski definition) is 21. The molecule has 4 aliphatic carbocycles. The van der Waals surface area contributed by atoms with Crippen LogP contribution in [0.4, 0.5) is 0 Å². The summed E-state index contributed by atoms with van der Waals surface area (Å²) < 4.78 is 47.9. The maximum atomic E-state index is 12.0. The summed E-state index contributed by atoms with van der Waals surface area (Å²) in [5.74, 6) is 1.81. The highest BCUT2D eigenvalue weighted by molar-refractivity contribution is 5.26. The van der Waals surface area contributed by atoms with Gasteiger partial charge in [-0.25, -0.2) is 0 Å². The quantitative estimate of drug-likeness (QED) is 0.0798. The second-order valence-electron chi connectivity index (χ2n) is 23.4. The Bertz CT molecular complexity index is 1800. The van der Waals surface area contributed by atoms with E-state index in [-0.39, 0.29) is 29.3 Å². The Kier molecular flexibility index (Phi) is 18.3. The van der Waals surface area contributed by atoms with E-state index in [1.165, 1.54) is 19.4 Å². The normalized spacial score (nSPS) is 52.1. The van der Waals surface area contributed by atoms with Crippen LogP contribution in [0.3, 0.4) is 0 Å². The second-order valence-corrected chi connectivity index (χ2v) is 23.4. The van der Waals surface area contributed by atoms with Gasteiger partial charge in [0.15, 0.2) is 25.2 Å². The van der Waals surface area contributed by atoms with E-state index in [2.05, 4.69) is 26.8 Å². The molecule has 0 aromatic carbocycles. The lowest BCUT2D eigenvalue weighted by Crippen LogP contribution is -2.66. The zero-order valence-electron chi connectivity index (χ0n) is 42.5. The maximum absolute atomic E-state index is 12.0. The molecule has 0 spiro atoms. The zero-order chi connectivity index (χ0) is 52.3. The topological polar surface area (TPSA) is 337 Å². The molecule has 8 aliphatic rings. The van der Waals surface area contributed by atoms with Gasteiger partial charge in [0.2, 0.25) is 0 Å².